The molecule has 0 unspecified atom stereocenters. The zero-order valence-electron chi connectivity index (χ0n) is 12.7. The molecule has 0 saturated heterocycles. The van der Waals surface area contributed by atoms with Gasteiger partial charge in [-0.15, -0.1) is 13.2 Å². The van der Waals surface area contributed by atoms with Crippen LogP contribution in [0.5, 0.6) is 5.75 Å². The molecule has 1 aliphatic rings. The first-order valence-corrected chi connectivity index (χ1v) is 7.64. The largest absolute Gasteiger partial charge is 0.573 e. The highest BCUT2D eigenvalue weighted by Gasteiger charge is 2.31. The highest BCUT2D eigenvalue weighted by Crippen LogP contribution is 2.26. The van der Waals surface area contributed by atoms with Gasteiger partial charge in [-0.25, -0.2) is 0 Å². The lowest BCUT2D eigenvalue weighted by atomic mass is 9.94. The Morgan fingerprint density at radius 2 is 1.70 bits per heavy atom. The van der Waals surface area contributed by atoms with Crippen LogP contribution >= 0.6 is 0 Å². The second-order valence-electron chi connectivity index (χ2n) is 5.89. The van der Waals surface area contributed by atoms with Gasteiger partial charge in [0.2, 0.25) is 0 Å². The smallest absolute Gasteiger partial charge is 0.406 e. The van der Waals surface area contributed by atoms with Gasteiger partial charge in [0, 0.05) is 12.1 Å². The fraction of sp³-hybridized carbons (Fsp3) is 0.562. The summed E-state index contributed by atoms with van der Waals surface area (Å²) in [6.45, 7) is 0.145. The van der Waals surface area contributed by atoms with Gasteiger partial charge in [0.1, 0.15) is 5.75 Å². The van der Waals surface area contributed by atoms with Gasteiger partial charge in [-0.05, 0) is 37.1 Å². The third-order valence-electron chi connectivity index (χ3n) is 3.96. The zero-order chi connectivity index (χ0) is 16.9. The Hall–Kier alpha value is -1.76. The quantitative estimate of drug-likeness (QED) is 0.832. The molecular weight excluding hydrogens is 311 g/mol. The van der Waals surface area contributed by atoms with Crippen molar-refractivity contribution in [3.63, 3.8) is 0 Å². The van der Waals surface area contributed by atoms with Gasteiger partial charge in [0.05, 0.1) is 5.60 Å². The molecule has 1 fully saturated rings. The van der Waals surface area contributed by atoms with Crippen LogP contribution in [0.1, 0.15) is 48.9 Å². The lowest BCUT2D eigenvalue weighted by Gasteiger charge is -2.26. The molecule has 2 rings (SSSR count). The molecule has 0 radical (unpaired) electrons. The second kappa shape index (κ2) is 7.21. The van der Waals surface area contributed by atoms with Crippen LogP contribution in [0.4, 0.5) is 13.2 Å². The minimum atomic E-state index is -4.76. The molecule has 0 aliphatic heterocycles. The van der Waals surface area contributed by atoms with Crippen molar-refractivity contribution in [1.82, 2.24) is 5.32 Å². The van der Waals surface area contributed by atoms with E-state index in [1.165, 1.54) is 12.1 Å². The van der Waals surface area contributed by atoms with Crippen LogP contribution in [-0.4, -0.2) is 29.5 Å². The number of nitrogens with one attached hydrogen (secondary N) is 1. The SMILES string of the molecule is O=C(NCC1(O)CCCCCC1)c1ccc(OC(F)(F)F)cc1. The molecule has 0 atom stereocenters. The van der Waals surface area contributed by atoms with Crippen molar-refractivity contribution < 1.29 is 27.8 Å². The molecular formula is C16H20F3NO3. The monoisotopic (exact) mass is 331 g/mol. The Bertz CT molecular complexity index is 520. The molecule has 4 nitrogen and oxygen atoms in total. The number of alkyl halides is 3. The number of carbonyl (C=O) groups is 1. The molecule has 0 bridgehead atoms. The van der Waals surface area contributed by atoms with Crippen molar-refractivity contribution in [2.45, 2.75) is 50.5 Å². The predicted molar refractivity (Wildman–Crippen MR) is 78.1 cm³/mol. The Morgan fingerprint density at radius 3 is 2.22 bits per heavy atom. The van der Waals surface area contributed by atoms with E-state index in [0.29, 0.717) is 12.8 Å². The molecule has 23 heavy (non-hydrogen) atoms. The summed E-state index contributed by atoms with van der Waals surface area (Å²) >= 11 is 0. The van der Waals surface area contributed by atoms with Crippen molar-refractivity contribution in [2.24, 2.45) is 0 Å². The summed E-state index contributed by atoms with van der Waals surface area (Å²) in [5, 5.41) is 13.1. The molecule has 2 N–H and O–H groups in total. The summed E-state index contributed by atoms with van der Waals surface area (Å²) in [4.78, 5) is 12.0. The summed E-state index contributed by atoms with van der Waals surface area (Å²) < 4.78 is 40.0. The van der Waals surface area contributed by atoms with Crippen LogP contribution in [0.3, 0.4) is 0 Å². The number of aliphatic hydroxyl groups is 1. The number of rotatable bonds is 4. The molecule has 128 valence electrons. The van der Waals surface area contributed by atoms with Crippen LogP contribution in [0.15, 0.2) is 24.3 Å². The van der Waals surface area contributed by atoms with Crippen LogP contribution in [0, 0.1) is 0 Å². The lowest BCUT2D eigenvalue weighted by molar-refractivity contribution is -0.274. The third-order valence-corrected chi connectivity index (χ3v) is 3.96. The summed E-state index contributed by atoms with van der Waals surface area (Å²) in [6, 6.07) is 4.69. The Labute approximate surface area is 132 Å². The van der Waals surface area contributed by atoms with Crippen LogP contribution in [-0.2, 0) is 0 Å². The fourth-order valence-electron chi connectivity index (χ4n) is 2.72. The highest BCUT2D eigenvalue weighted by atomic mass is 19.4. The van der Waals surface area contributed by atoms with Gasteiger partial charge >= 0.3 is 6.36 Å². The average molecular weight is 331 g/mol. The van der Waals surface area contributed by atoms with Gasteiger partial charge in [-0.1, -0.05) is 25.7 Å². The molecule has 1 aromatic carbocycles. The summed E-state index contributed by atoms with van der Waals surface area (Å²) in [6.07, 6.45) is 0.545. The van der Waals surface area contributed by atoms with E-state index in [-0.39, 0.29) is 17.9 Å². The summed E-state index contributed by atoms with van der Waals surface area (Å²) in [5.74, 6) is -0.808. The van der Waals surface area contributed by atoms with Gasteiger partial charge in [0.25, 0.3) is 5.91 Å². The molecule has 1 aromatic rings. The first-order valence-electron chi connectivity index (χ1n) is 7.64. The molecule has 0 heterocycles. The minimum absolute atomic E-state index is 0.145. The maximum absolute atomic E-state index is 12.1. The first-order chi connectivity index (χ1) is 10.8. The maximum atomic E-state index is 12.1. The number of halogens is 3. The number of ether oxygens (including phenoxy) is 1. The van der Waals surface area contributed by atoms with E-state index in [1.54, 1.807) is 0 Å². The van der Waals surface area contributed by atoms with E-state index in [2.05, 4.69) is 10.1 Å². The topological polar surface area (TPSA) is 58.6 Å². The number of benzene rings is 1. The van der Waals surface area contributed by atoms with Gasteiger partial charge < -0.3 is 15.2 Å². The van der Waals surface area contributed by atoms with Crippen molar-refractivity contribution in [3.05, 3.63) is 29.8 Å². The normalized spacial score (nSPS) is 18.1. The van der Waals surface area contributed by atoms with E-state index < -0.39 is 17.9 Å². The third kappa shape index (κ3) is 5.74. The van der Waals surface area contributed by atoms with Gasteiger partial charge in [0.15, 0.2) is 0 Å². The van der Waals surface area contributed by atoms with Gasteiger partial charge in [-0.3, -0.25) is 4.79 Å². The minimum Gasteiger partial charge on any atom is -0.406 e. The van der Waals surface area contributed by atoms with E-state index in [1.807, 2.05) is 0 Å². The van der Waals surface area contributed by atoms with Crippen molar-refractivity contribution in [3.8, 4) is 5.75 Å². The molecule has 1 aliphatic carbocycles. The average Bonchev–Trinajstić information content (AvgIpc) is 2.69. The fourth-order valence-corrected chi connectivity index (χ4v) is 2.72. The van der Waals surface area contributed by atoms with E-state index in [9.17, 15) is 23.1 Å². The Morgan fingerprint density at radius 1 is 1.13 bits per heavy atom. The standard InChI is InChI=1S/C16H20F3NO3/c17-16(18,19)23-13-7-5-12(6-8-13)14(21)20-11-15(22)9-3-1-2-4-10-15/h5-8,22H,1-4,9-11H2,(H,20,21). The van der Waals surface area contributed by atoms with Crippen LogP contribution in [0.25, 0.3) is 0 Å². The molecule has 0 aromatic heterocycles. The molecule has 1 saturated carbocycles. The predicted octanol–water partition coefficient (Wildman–Crippen LogP) is 3.40. The van der Waals surface area contributed by atoms with Crippen molar-refractivity contribution >= 4 is 5.91 Å². The maximum Gasteiger partial charge on any atom is 0.573 e. The van der Waals surface area contributed by atoms with Gasteiger partial charge in [-0.2, -0.15) is 0 Å². The number of amides is 1. The Kier molecular flexibility index (Phi) is 5.51. The first kappa shape index (κ1) is 17.6. The van der Waals surface area contributed by atoms with Crippen molar-refractivity contribution in [1.29, 1.82) is 0 Å². The van der Waals surface area contributed by atoms with E-state index in [0.717, 1.165) is 37.8 Å². The summed E-state index contributed by atoms with van der Waals surface area (Å²) in [5.41, 5.74) is -0.678. The van der Waals surface area contributed by atoms with Crippen molar-refractivity contribution in [2.75, 3.05) is 6.54 Å². The second-order valence-corrected chi connectivity index (χ2v) is 5.89. The zero-order valence-corrected chi connectivity index (χ0v) is 12.7. The highest BCUT2D eigenvalue weighted by molar-refractivity contribution is 5.94. The Balaban J connectivity index is 1.90. The lowest BCUT2D eigenvalue weighted by Crippen LogP contribution is -2.42. The number of hydrogen-bond acceptors (Lipinski definition) is 3. The van der Waals surface area contributed by atoms with E-state index in [4.69, 9.17) is 0 Å². The van der Waals surface area contributed by atoms with Crippen LogP contribution in [0.2, 0.25) is 0 Å². The number of hydrogen-bond donors (Lipinski definition) is 2. The molecule has 0 spiro atoms. The van der Waals surface area contributed by atoms with Crippen LogP contribution < -0.4 is 10.1 Å². The molecule has 7 heteroatoms. The number of carbonyl (C=O) groups excluding carboxylic acids is 1. The summed E-state index contributed by atoms with van der Waals surface area (Å²) in [7, 11) is 0. The molecule has 1 amide bonds. The van der Waals surface area contributed by atoms with E-state index >= 15 is 0 Å².